The van der Waals surface area contributed by atoms with Crippen LogP contribution in [0.25, 0.3) is 10.9 Å². The summed E-state index contributed by atoms with van der Waals surface area (Å²) in [5, 5.41) is 18.9. The van der Waals surface area contributed by atoms with Crippen LogP contribution in [0.1, 0.15) is 6.42 Å². The molecule has 25 heavy (non-hydrogen) atoms. The van der Waals surface area contributed by atoms with Crippen LogP contribution in [-0.4, -0.2) is 32.8 Å². The number of Topliss-reactive ketones (excluding diaryl/α,β-unsaturated/α-hetero) is 1. The zero-order chi connectivity index (χ0) is 18.4. The molecular formula is C17H18N4O3S. The second-order valence-corrected chi connectivity index (χ2v) is 6.28. The molecule has 2 aromatic rings. The summed E-state index contributed by atoms with van der Waals surface area (Å²) in [5.74, 6) is -1.53. The third-order valence-corrected chi connectivity index (χ3v) is 4.53. The fraction of sp³-hybridized carbons (Fsp3) is 0.294. The molecule has 8 heteroatoms. The van der Waals surface area contributed by atoms with Crippen molar-refractivity contribution in [2.75, 3.05) is 12.4 Å². The number of allylic oxidation sites excluding steroid dienone is 1. The smallest absolute Gasteiger partial charge is 0.262 e. The number of fused-ring (bicyclic) bond motifs is 1. The number of nitrogens with two attached hydrogens (primary N) is 1. The molecule has 1 aromatic carbocycles. The molecule has 0 aliphatic rings. The lowest BCUT2D eigenvalue weighted by molar-refractivity contribution is -0.117. The Hall–Kier alpha value is -2.63. The van der Waals surface area contributed by atoms with Gasteiger partial charge in [0.1, 0.15) is 5.92 Å². The number of carbonyl (C=O) groups is 1. The first-order valence-corrected chi connectivity index (χ1v) is 8.58. The first-order chi connectivity index (χ1) is 12.0. The van der Waals surface area contributed by atoms with Crippen molar-refractivity contribution < 1.29 is 9.90 Å². The van der Waals surface area contributed by atoms with Gasteiger partial charge in [0.15, 0.2) is 10.9 Å². The Kier molecular flexibility index (Phi) is 6.33. The van der Waals surface area contributed by atoms with Crippen LogP contribution in [0.15, 0.2) is 46.5 Å². The molecule has 0 radical (unpaired) electrons. The number of ketones is 1. The second-order valence-electron chi connectivity index (χ2n) is 5.34. The number of para-hydroxylation sites is 1. The van der Waals surface area contributed by atoms with Crippen molar-refractivity contribution in [1.82, 2.24) is 9.55 Å². The van der Waals surface area contributed by atoms with Crippen LogP contribution in [0.4, 0.5) is 0 Å². The highest BCUT2D eigenvalue weighted by Gasteiger charge is 2.21. The van der Waals surface area contributed by atoms with Gasteiger partial charge in [-0.25, -0.2) is 4.98 Å². The number of thioether (sulfide) groups is 1. The third kappa shape index (κ3) is 4.26. The average molecular weight is 358 g/mol. The molecule has 0 amide bonds. The molecule has 1 heterocycles. The largest absolute Gasteiger partial charge is 0.401 e. The number of aromatic nitrogens is 2. The minimum atomic E-state index is -1.08. The highest BCUT2D eigenvalue weighted by molar-refractivity contribution is 7.99. The molecule has 0 aliphatic heterocycles. The highest BCUT2D eigenvalue weighted by Crippen LogP contribution is 2.20. The van der Waals surface area contributed by atoms with Gasteiger partial charge in [0.2, 0.25) is 0 Å². The molecule has 130 valence electrons. The molecule has 0 bridgehead atoms. The summed E-state index contributed by atoms with van der Waals surface area (Å²) in [6.07, 6.45) is 0.391. The van der Waals surface area contributed by atoms with Crippen molar-refractivity contribution >= 4 is 28.4 Å². The number of carbonyl (C=O) groups excluding carboxylic acids is 1. The molecule has 0 saturated heterocycles. The fourth-order valence-corrected chi connectivity index (χ4v) is 3.20. The Morgan fingerprint density at radius 2 is 2.20 bits per heavy atom. The van der Waals surface area contributed by atoms with Crippen molar-refractivity contribution in [3.63, 3.8) is 0 Å². The van der Waals surface area contributed by atoms with Gasteiger partial charge >= 0.3 is 0 Å². The number of benzene rings is 1. The van der Waals surface area contributed by atoms with Gasteiger partial charge in [-0.15, -0.1) is 0 Å². The Morgan fingerprint density at radius 1 is 1.48 bits per heavy atom. The summed E-state index contributed by atoms with van der Waals surface area (Å²) in [6, 6.07) is 8.75. The number of hydrogen-bond donors (Lipinski definition) is 2. The molecule has 1 aromatic heterocycles. The molecule has 7 nitrogen and oxygen atoms in total. The zero-order valence-electron chi connectivity index (χ0n) is 13.5. The lowest BCUT2D eigenvalue weighted by Crippen LogP contribution is -2.25. The summed E-state index contributed by atoms with van der Waals surface area (Å²) in [5.41, 5.74) is 5.77. The van der Waals surface area contributed by atoms with E-state index in [2.05, 4.69) is 11.6 Å². The highest BCUT2D eigenvalue weighted by atomic mass is 32.2. The minimum absolute atomic E-state index is 0.00255. The Labute approximate surface area is 148 Å². The van der Waals surface area contributed by atoms with Crippen molar-refractivity contribution in [2.45, 2.75) is 18.1 Å². The van der Waals surface area contributed by atoms with E-state index in [0.717, 1.165) is 11.8 Å². The maximum Gasteiger partial charge on any atom is 0.262 e. The van der Waals surface area contributed by atoms with Gasteiger partial charge in [0.25, 0.3) is 5.56 Å². The molecule has 3 N–H and O–H groups in total. The SMILES string of the molecule is C=C(N)[C@H](C#N)C(=O)CSc1nc2ccccc2c(=O)n1CCCO. The maximum atomic E-state index is 12.7. The van der Waals surface area contributed by atoms with Crippen molar-refractivity contribution in [1.29, 1.82) is 5.26 Å². The normalized spacial score (nSPS) is 11.8. The Balaban J connectivity index is 2.35. The minimum Gasteiger partial charge on any atom is -0.401 e. The summed E-state index contributed by atoms with van der Waals surface area (Å²) in [4.78, 5) is 29.2. The van der Waals surface area contributed by atoms with E-state index in [0.29, 0.717) is 22.5 Å². The van der Waals surface area contributed by atoms with Gasteiger partial charge in [-0.1, -0.05) is 30.5 Å². The van der Waals surface area contributed by atoms with Crippen LogP contribution in [0.5, 0.6) is 0 Å². The molecular weight excluding hydrogens is 340 g/mol. The zero-order valence-corrected chi connectivity index (χ0v) is 14.3. The number of nitriles is 1. The lowest BCUT2D eigenvalue weighted by Gasteiger charge is -2.13. The number of aliphatic hydroxyl groups is 1. The predicted octanol–water partition coefficient (Wildman–Crippen LogP) is 1.05. The van der Waals surface area contributed by atoms with Gasteiger partial charge in [-0.3, -0.25) is 14.2 Å². The van der Waals surface area contributed by atoms with E-state index in [1.807, 2.05) is 6.07 Å². The van der Waals surface area contributed by atoms with Gasteiger partial charge in [0.05, 0.1) is 22.7 Å². The molecule has 1 atom stereocenters. The van der Waals surface area contributed by atoms with Crippen molar-refractivity contribution in [2.24, 2.45) is 11.7 Å². The van der Waals surface area contributed by atoms with Gasteiger partial charge in [-0.05, 0) is 18.6 Å². The first kappa shape index (κ1) is 18.7. The average Bonchev–Trinajstić information content (AvgIpc) is 2.59. The van der Waals surface area contributed by atoms with E-state index < -0.39 is 11.7 Å². The molecule has 0 fully saturated rings. The monoisotopic (exact) mass is 358 g/mol. The van der Waals surface area contributed by atoms with E-state index in [-0.39, 0.29) is 30.2 Å². The van der Waals surface area contributed by atoms with Gasteiger partial charge < -0.3 is 10.8 Å². The Bertz CT molecular complexity index is 901. The standard InChI is InChI=1S/C17H18N4O3S/c1-11(19)13(9-18)15(23)10-25-17-20-14-6-3-2-5-12(14)16(24)21(17)7-4-8-22/h2-3,5-6,13,22H,1,4,7-8,10,19H2/t13-/m0/s1. The van der Waals surface area contributed by atoms with Gasteiger partial charge in [-0.2, -0.15) is 5.26 Å². The van der Waals surface area contributed by atoms with Crippen LogP contribution in [0.3, 0.4) is 0 Å². The maximum absolute atomic E-state index is 12.7. The van der Waals surface area contributed by atoms with E-state index in [4.69, 9.17) is 16.1 Å². The van der Waals surface area contributed by atoms with Crippen LogP contribution < -0.4 is 11.3 Å². The van der Waals surface area contributed by atoms with Crippen molar-refractivity contribution in [3.8, 4) is 6.07 Å². The number of aliphatic hydroxyl groups excluding tert-OH is 1. The molecule has 0 saturated carbocycles. The van der Waals surface area contributed by atoms with Crippen LogP contribution in [0.2, 0.25) is 0 Å². The second kappa shape index (κ2) is 8.46. The van der Waals surface area contributed by atoms with E-state index in [1.165, 1.54) is 4.57 Å². The topological polar surface area (TPSA) is 122 Å². The number of nitrogens with zero attached hydrogens (tertiary/aromatic N) is 3. The van der Waals surface area contributed by atoms with E-state index in [9.17, 15) is 9.59 Å². The molecule has 0 aliphatic carbocycles. The summed E-state index contributed by atoms with van der Waals surface area (Å²) < 4.78 is 1.44. The quantitative estimate of drug-likeness (QED) is 0.534. The third-order valence-electron chi connectivity index (χ3n) is 3.53. The summed E-state index contributed by atoms with van der Waals surface area (Å²) in [6.45, 7) is 3.67. The lowest BCUT2D eigenvalue weighted by atomic mass is 10.1. The Morgan fingerprint density at radius 3 is 2.84 bits per heavy atom. The predicted molar refractivity (Wildman–Crippen MR) is 95.9 cm³/mol. The van der Waals surface area contributed by atoms with Crippen LogP contribution in [0, 0.1) is 17.2 Å². The fourth-order valence-electron chi connectivity index (χ4n) is 2.26. The van der Waals surface area contributed by atoms with E-state index >= 15 is 0 Å². The number of rotatable bonds is 8. The van der Waals surface area contributed by atoms with Crippen LogP contribution in [-0.2, 0) is 11.3 Å². The van der Waals surface area contributed by atoms with Crippen LogP contribution >= 0.6 is 11.8 Å². The molecule has 2 rings (SSSR count). The molecule has 0 spiro atoms. The van der Waals surface area contributed by atoms with Crippen molar-refractivity contribution in [3.05, 3.63) is 46.9 Å². The summed E-state index contributed by atoms with van der Waals surface area (Å²) >= 11 is 1.07. The molecule has 0 unspecified atom stereocenters. The number of hydrogen-bond acceptors (Lipinski definition) is 7. The van der Waals surface area contributed by atoms with Gasteiger partial charge in [0, 0.05) is 18.8 Å². The summed E-state index contributed by atoms with van der Waals surface area (Å²) in [7, 11) is 0. The van der Waals surface area contributed by atoms with E-state index in [1.54, 1.807) is 24.3 Å². The first-order valence-electron chi connectivity index (χ1n) is 7.59.